The van der Waals surface area contributed by atoms with Crippen LogP contribution in [0.3, 0.4) is 0 Å². The highest BCUT2D eigenvalue weighted by atomic mass is 35.5. The van der Waals surface area contributed by atoms with Gasteiger partial charge in [0.05, 0.1) is 0 Å². The van der Waals surface area contributed by atoms with Crippen LogP contribution < -0.4 is 5.32 Å². The van der Waals surface area contributed by atoms with Gasteiger partial charge in [0.1, 0.15) is 0 Å². The molecule has 1 aliphatic heterocycles. The van der Waals surface area contributed by atoms with Crippen LogP contribution >= 0.6 is 11.6 Å². The van der Waals surface area contributed by atoms with Crippen molar-refractivity contribution in [2.24, 2.45) is 0 Å². The summed E-state index contributed by atoms with van der Waals surface area (Å²) in [6, 6.07) is 17.7. The van der Waals surface area contributed by atoms with Crippen LogP contribution in [0, 0.1) is 0 Å². The zero-order chi connectivity index (χ0) is 19.1. The van der Waals surface area contributed by atoms with Gasteiger partial charge >= 0.3 is 11.8 Å². The van der Waals surface area contributed by atoms with E-state index in [1.165, 1.54) is 5.56 Å². The highest BCUT2D eigenvalue weighted by Crippen LogP contribution is 2.10. The Bertz CT molecular complexity index is 757. The first-order valence-electron chi connectivity index (χ1n) is 9.19. The minimum absolute atomic E-state index is 0.431. The number of hydrogen-bond donors (Lipinski definition) is 1. The van der Waals surface area contributed by atoms with Crippen LogP contribution in [0.4, 0.5) is 0 Å². The number of nitrogens with zero attached hydrogens (tertiary/aromatic N) is 2. The summed E-state index contributed by atoms with van der Waals surface area (Å²) < 4.78 is 0. The number of nitrogens with one attached hydrogen (secondary N) is 1. The summed E-state index contributed by atoms with van der Waals surface area (Å²) in [5, 5.41) is 3.40. The summed E-state index contributed by atoms with van der Waals surface area (Å²) in [6.45, 7) is 4.01. The van der Waals surface area contributed by atoms with Gasteiger partial charge in [0.15, 0.2) is 0 Å². The molecule has 0 atom stereocenters. The number of hydrogen-bond acceptors (Lipinski definition) is 3. The number of piperazine rings is 1. The van der Waals surface area contributed by atoms with Crippen LogP contribution in [0.1, 0.15) is 11.1 Å². The van der Waals surface area contributed by atoms with Crippen molar-refractivity contribution in [3.63, 3.8) is 0 Å². The van der Waals surface area contributed by atoms with Crippen LogP contribution in [0.15, 0.2) is 54.6 Å². The Morgan fingerprint density at radius 1 is 0.889 bits per heavy atom. The largest absolute Gasteiger partial charge is 0.347 e. The third-order valence-electron chi connectivity index (χ3n) is 4.72. The zero-order valence-corrected chi connectivity index (χ0v) is 16.0. The van der Waals surface area contributed by atoms with E-state index in [2.05, 4.69) is 22.3 Å². The fourth-order valence-corrected chi connectivity index (χ4v) is 3.27. The molecule has 2 amide bonds. The van der Waals surface area contributed by atoms with E-state index in [4.69, 9.17) is 11.6 Å². The normalized spacial score (nSPS) is 14.8. The maximum atomic E-state index is 12.3. The Morgan fingerprint density at radius 2 is 1.56 bits per heavy atom. The van der Waals surface area contributed by atoms with Crippen LogP contribution in [-0.4, -0.2) is 54.3 Å². The van der Waals surface area contributed by atoms with E-state index >= 15 is 0 Å². The first-order chi connectivity index (χ1) is 13.1. The van der Waals surface area contributed by atoms with Crippen molar-refractivity contribution in [2.45, 2.75) is 13.0 Å². The number of carbonyl (C=O) groups is 2. The van der Waals surface area contributed by atoms with Crippen molar-refractivity contribution in [3.8, 4) is 0 Å². The lowest BCUT2D eigenvalue weighted by Gasteiger charge is -2.34. The molecule has 1 heterocycles. The monoisotopic (exact) mass is 385 g/mol. The third-order valence-corrected chi connectivity index (χ3v) is 4.97. The summed E-state index contributed by atoms with van der Waals surface area (Å²) in [7, 11) is 0. The molecule has 0 aliphatic carbocycles. The van der Waals surface area contributed by atoms with Crippen LogP contribution in [0.5, 0.6) is 0 Å². The minimum atomic E-state index is -0.527. The molecule has 0 radical (unpaired) electrons. The van der Waals surface area contributed by atoms with Gasteiger partial charge in [0.2, 0.25) is 0 Å². The van der Waals surface area contributed by atoms with Crippen molar-refractivity contribution in [1.82, 2.24) is 15.1 Å². The van der Waals surface area contributed by atoms with E-state index < -0.39 is 11.8 Å². The molecule has 1 aliphatic rings. The van der Waals surface area contributed by atoms with Gasteiger partial charge in [-0.3, -0.25) is 14.5 Å². The molecule has 27 heavy (non-hydrogen) atoms. The molecule has 5 nitrogen and oxygen atoms in total. The molecule has 1 fully saturated rings. The highest BCUT2D eigenvalue weighted by molar-refractivity contribution is 6.35. The molecule has 1 saturated heterocycles. The molecular formula is C21H24ClN3O2. The van der Waals surface area contributed by atoms with Gasteiger partial charge < -0.3 is 10.2 Å². The second kappa shape index (κ2) is 9.53. The molecule has 0 bridgehead atoms. The predicted molar refractivity (Wildman–Crippen MR) is 106 cm³/mol. The Labute approximate surface area is 164 Å². The lowest BCUT2D eigenvalue weighted by atomic mass is 10.1. The third kappa shape index (κ3) is 5.81. The van der Waals surface area contributed by atoms with Gasteiger partial charge in [0, 0.05) is 44.3 Å². The van der Waals surface area contributed by atoms with Crippen molar-refractivity contribution in [3.05, 3.63) is 70.7 Å². The molecule has 0 saturated carbocycles. The number of halogens is 1. The van der Waals surface area contributed by atoms with Crippen LogP contribution in [0.25, 0.3) is 0 Å². The number of carbonyl (C=O) groups excluding carboxylic acids is 2. The van der Waals surface area contributed by atoms with Crippen molar-refractivity contribution in [1.29, 1.82) is 0 Å². The van der Waals surface area contributed by atoms with Gasteiger partial charge in [-0.05, 0) is 29.7 Å². The molecule has 0 spiro atoms. The van der Waals surface area contributed by atoms with Crippen molar-refractivity contribution in [2.75, 3.05) is 32.7 Å². The summed E-state index contributed by atoms with van der Waals surface area (Å²) in [4.78, 5) is 28.4. The first kappa shape index (κ1) is 19.4. The van der Waals surface area contributed by atoms with Gasteiger partial charge in [0.25, 0.3) is 0 Å². The summed E-state index contributed by atoms with van der Waals surface area (Å²) in [5.41, 5.74) is 2.33. The Hall–Kier alpha value is -2.37. The highest BCUT2D eigenvalue weighted by Gasteiger charge is 2.25. The van der Waals surface area contributed by atoms with Gasteiger partial charge in [-0.2, -0.15) is 0 Å². The maximum absolute atomic E-state index is 12.3. The predicted octanol–water partition coefficient (Wildman–Crippen LogP) is 2.34. The van der Waals surface area contributed by atoms with E-state index in [0.29, 0.717) is 31.1 Å². The van der Waals surface area contributed by atoms with E-state index in [1.807, 2.05) is 42.5 Å². The second-order valence-corrected chi connectivity index (χ2v) is 7.12. The van der Waals surface area contributed by atoms with Crippen molar-refractivity contribution >= 4 is 23.4 Å². The molecular weight excluding hydrogens is 362 g/mol. The van der Waals surface area contributed by atoms with E-state index in [1.54, 1.807) is 4.90 Å². The molecule has 0 unspecified atom stereocenters. The molecule has 2 aromatic rings. The van der Waals surface area contributed by atoms with Gasteiger partial charge in [-0.15, -0.1) is 0 Å². The van der Waals surface area contributed by atoms with Crippen LogP contribution in [0.2, 0.25) is 5.02 Å². The number of benzene rings is 2. The topological polar surface area (TPSA) is 52.7 Å². The molecule has 2 aromatic carbocycles. The summed E-state index contributed by atoms with van der Waals surface area (Å²) in [5.74, 6) is -0.967. The Kier molecular flexibility index (Phi) is 6.85. The SMILES string of the molecule is O=C(NCCc1ccc(Cl)cc1)C(=O)N1CCN(Cc2ccccc2)CC1. The standard InChI is InChI=1S/C21H24ClN3O2/c22-19-8-6-17(7-9-19)10-11-23-20(26)21(27)25-14-12-24(13-15-25)16-18-4-2-1-3-5-18/h1-9H,10-16H2,(H,23,26). The molecule has 142 valence electrons. The van der Waals surface area contributed by atoms with E-state index in [9.17, 15) is 9.59 Å². The molecule has 3 rings (SSSR count). The maximum Gasteiger partial charge on any atom is 0.311 e. The Morgan fingerprint density at radius 3 is 2.22 bits per heavy atom. The smallest absolute Gasteiger partial charge is 0.311 e. The van der Waals surface area contributed by atoms with Crippen LogP contribution in [-0.2, 0) is 22.6 Å². The zero-order valence-electron chi connectivity index (χ0n) is 15.2. The summed E-state index contributed by atoms with van der Waals surface area (Å²) in [6.07, 6.45) is 0.668. The number of amides is 2. The molecule has 6 heteroatoms. The molecule has 0 aromatic heterocycles. The average Bonchev–Trinajstić information content (AvgIpc) is 2.70. The average molecular weight is 386 g/mol. The van der Waals surface area contributed by atoms with E-state index in [0.717, 1.165) is 25.2 Å². The lowest BCUT2D eigenvalue weighted by Crippen LogP contribution is -2.52. The van der Waals surface area contributed by atoms with Crippen molar-refractivity contribution < 1.29 is 9.59 Å². The summed E-state index contributed by atoms with van der Waals surface area (Å²) >= 11 is 5.86. The minimum Gasteiger partial charge on any atom is -0.347 e. The molecule has 1 N–H and O–H groups in total. The quantitative estimate of drug-likeness (QED) is 0.804. The van der Waals surface area contributed by atoms with Gasteiger partial charge in [-0.25, -0.2) is 0 Å². The second-order valence-electron chi connectivity index (χ2n) is 6.69. The fraction of sp³-hybridized carbons (Fsp3) is 0.333. The lowest BCUT2D eigenvalue weighted by molar-refractivity contribution is -0.147. The Balaban J connectivity index is 1.39. The van der Waals surface area contributed by atoms with Gasteiger partial charge in [-0.1, -0.05) is 54.1 Å². The first-order valence-corrected chi connectivity index (χ1v) is 9.57. The fourth-order valence-electron chi connectivity index (χ4n) is 3.14. The number of rotatable bonds is 5. The van der Waals surface area contributed by atoms with E-state index in [-0.39, 0.29) is 0 Å².